The largest absolute Gasteiger partial charge is 0.466 e. The Morgan fingerprint density at radius 1 is 0.667 bits per heavy atom. The fourth-order valence-corrected chi connectivity index (χ4v) is 4.73. The maximum atomic E-state index is 5.76. The lowest BCUT2D eigenvalue weighted by atomic mass is 10.0. The van der Waals surface area contributed by atoms with Gasteiger partial charge in [0.25, 0.3) is 0 Å². The molecule has 0 N–H and O–H groups in total. The number of ether oxygens (including phenoxy) is 4. The summed E-state index contributed by atoms with van der Waals surface area (Å²) in [6, 6.07) is 7.75. The molecule has 0 unspecified atom stereocenters. The summed E-state index contributed by atoms with van der Waals surface area (Å²) in [4.78, 5) is 0. The lowest BCUT2D eigenvalue weighted by molar-refractivity contribution is 0.0495. The number of hydrogen-bond donors (Lipinski definition) is 0. The summed E-state index contributed by atoms with van der Waals surface area (Å²) in [5, 5.41) is 0. The summed E-state index contributed by atoms with van der Waals surface area (Å²) in [5.41, 5.74) is 1.70. The Morgan fingerprint density at radius 3 is 1.38 bits per heavy atom. The molecule has 2 rings (SSSR count). The van der Waals surface area contributed by atoms with E-state index in [4.69, 9.17) is 18.9 Å². The van der Waals surface area contributed by atoms with Gasteiger partial charge in [0.15, 0.2) is 13.6 Å². The van der Waals surface area contributed by atoms with E-state index in [0.29, 0.717) is 11.5 Å². The van der Waals surface area contributed by atoms with E-state index in [-0.39, 0.29) is 13.6 Å². The highest BCUT2D eigenvalue weighted by Gasteiger charge is 2.19. The lowest BCUT2D eigenvalue weighted by Crippen LogP contribution is -2.04. The van der Waals surface area contributed by atoms with Crippen LogP contribution in [0.25, 0.3) is 11.1 Å². The Bertz CT molecular complexity index is 660. The molecule has 0 aliphatic carbocycles. The van der Waals surface area contributed by atoms with Crippen LogP contribution in [0.3, 0.4) is 0 Å². The van der Waals surface area contributed by atoms with Crippen LogP contribution in [0.4, 0.5) is 0 Å². The average molecular weight is 590 g/mol. The first-order chi connectivity index (χ1) is 11.5. The Morgan fingerprint density at radius 2 is 1.04 bits per heavy atom. The minimum atomic E-state index is 0.136. The van der Waals surface area contributed by atoms with Crippen LogP contribution in [0.2, 0.25) is 0 Å². The molecule has 0 radical (unpaired) electrons. The van der Waals surface area contributed by atoms with Gasteiger partial charge in [-0.2, -0.15) is 0 Å². The van der Waals surface area contributed by atoms with Gasteiger partial charge in [0.1, 0.15) is 11.5 Å². The quantitative estimate of drug-likeness (QED) is 0.352. The molecular formula is C16H14Br4O4. The van der Waals surface area contributed by atoms with Gasteiger partial charge in [-0.1, -0.05) is 31.9 Å². The van der Waals surface area contributed by atoms with Crippen molar-refractivity contribution in [2.45, 2.75) is 0 Å². The second-order valence-corrected chi connectivity index (χ2v) is 8.17. The van der Waals surface area contributed by atoms with Crippen LogP contribution in [0.1, 0.15) is 0 Å². The third-order valence-corrected chi connectivity index (χ3v) is 5.04. The average Bonchev–Trinajstić information content (AvgIpc) is 2.52. The number of halogens is 4. The van der Waals surface area contributed by atoms with E-state index in [1.165, 1.54) is 0 Å². The highest BCUT2D eigenvalue weighted by molar-refractivity contribution is 9.11. The van der Waals surface area contributed by atoms with Crippen molar-refractivity contribution >= 4 is 63.7 Å². The Hall–Kier alpha value is -0.120. The number of benzene rings is 2. The number of hydrogen-bond acceptors (Lipinski definition) is 4. The summed E-state index contributed by atoms with van der Waals surface area (Å²) in [6.07, 6.45) is 0. The molecule has 0 saturated heterocycles. The molecule has 130 valence electrons. The molecule has 8 heteroatoms. The molecule has 0 spiro atoms. The van der Waals surface area contributed by atoms with Crippen LogP contribution >= 0.6 is 63.7 Å². The van der Waals surface area contributed by atoms with E-state index in [9.17, 15) is 0 Å². The van der Waals surface area contributed by atoms with Gasteiger partial charge in [-0.05, 0) is 56.1 Å². The Kier molecular flexibility index (Phi) is 8.03. The molecule has 0 heterocycles. The van der Waals surface area contributed by atoms with Crippen LogP contribution in [0.15, 0.2) is 42.2 Å². The highest BCUT2D eigenvalue weighted by Crippen LogP contribution is 2.46. The van der Waals surface area contributed by atoms with Crippen molar-refractivity contribution in [3.63, 3.8) is 0 Å². The van der Waals surface area contributed by atoms with Crippen LogP contribution in [0, 0.1) is 0 Å². The SMILES string of the molecule is COCOc1c(Br)cc(Br)cc1-c1cc(Br)cc(Br)c1OCOC. The van der Waals surface area contributed by atoms with E-state index in [1.807, 2.05) is 24.3 Å². The molecule has 2 aromatic carbocycles. The summed E-state index contributed by atoms with van der Waals surface area (Å²) < 4.78 is 25.0. The van der Waals surface area contributed by atoms with Gasteiger partial charge >= 0.3 is 0 Å². The van der Waals surface area contributed by atoms with E-state index < -0.39 is 0 Å². The molecular weight excluding hydrogens is 576 g/mol. The maximum absolute atomic E-state index is 5.76. The van der Waals surface area contributed by atoms with Gasteiger partial charge in [0, 0.05) is 34.3 Å². The van der Waals surface area contributed by atoms with Crippen LogP contribution in [-0.4, -0.2) is 27.8 Å². The summed E-state index contributed by atoms with van der Waals surface area (Å²) in [7, 11) is 3.16. The first-order valence-corrected chi connectivity index (χ1v) is 9.87. The number of methoxy groups -OCH3 is 2. The lowest BCUT2D eigenvalue weighted by Gasteiger charge is -2.18. The fourth-order valence-electron chi connectivity index (χ4n) is 2.05. The van der Waals surface area contributed by atoms with Gasteiger partial charge in [0.2, 0.25) is 0 Å². The van der Waals surface area contributed by atoms with Crippen molar-refractivity contribution < 1.29 is 18.9 Å². The molecule has 0 aromatic heterocycles. The van der Waals surface area contributed by atoms with Gasteiger partial charge in [-0.15, -0.1) is 0 Å². The Labute approximate surface area is 174 Å². The zero-order chi connectivity index (χ0) is 17.7. The zero-order valence-corrected chi connectivity index (χ0v) is 19.2. The first-order valence-electron chi connectivity index (χ1n) is 6.69. The molecule has 0 fully saturated rings. The minimum absolute atomic E-state index is 0.136. The van der Waals surface area contributed by atoms with Crippen molar-refractivity contribution in [2.24, 2.45) is 0 Å². The molecule has 0 amide bonds. The van der Waals surface area contributed by atoms with Gasteiger partial charge in [-0.3, -0.25) is 0 Å². The third-order valence-electron chi connectivity index (χ3n) is 2.95. The maximum Gasteiger partial charge on any atom is 0.188 e. The van der Waals surface area contributed by atoms with E-state index in [2.05, 4.69) is 63.7 Å². The second-order valence-electron chi connectivity index (χ2n) is 4.63. The molecule has 24 heavy (non-hydrogen) atoms. The van der Waals surface area contributed by atoms with Gasteiger partial charge in [-0.25, -0.2) is 0 Å². The van der Waals surface area contributed by atoms with Crippen molar-refractivity contribution in [3.8, 4) is 22.6 Å². The first kappa shape index (κ1) is 20.2. The monoisotopic (exact) mass is 586 g/mol. The van der Waals surface area contributed by atoms with Crippen LogP contribution in [0.5, 0.6) is 11.5 Å². The zero-order valence-electron chi connectivity index (χ0n) is 12.9. The molecule has 4 nitrogen and oxygen atoms in total. The van der Waals surface area contributed by atoms with E-state index in [0.717, 1.165) is 29.0 Å². The molecule has 0 aliphatic heterocycles. The van der Waals surface area contributed by atoms with Gasteiger partial charge in [0.05, 0.1) is 8.95 Å². The van der Waals surface area contributed by atoms with Crippen LogP contribution in [-0.2, 0) is 9.47 Å². The van der Waals surface area contributed by atoms with Crippen molar-refractivity contribution in [1.82, 2.24) is 0 Å². The van der Waals surface area contributed by atoms with E-state index >= 15 is 0 Å². The molecule has 2 aromatic rings. The summed E-state index contributed by atoms with van der Waals surface area (Å²) in [5.74, 6) is 1.32. The predicted molar refractivity (Wildman–Crippen MR) is 108 cm³/mol. The van der Waals surface area contributed by atoms with Crippen molar-refractivity contribution in [1.29, 1.82) is 0 Å². The topological polar surface area (TPSA) is 36.9 Å². The van der Waals surface area contributed by atoms with Crippen molar-refractivity contribution in [2.75, 3.05) is 27.8 Å². The minimum Gasteiger partial charge on any atom is -0.466 e. The third kappa shape index (κ3) is 4.95. The molecule has 0 aliphatic rings. The summed E-state index contributed by atoms with van der Waals surface area (Å²) in [6.45, 7) is 0.271. The summed E-state index contributed by atoms with van der Waals surface area (Å²) >= 11 is 14.1. The normalized spacial score (nSPS) is 10.8. The standard InChI is InChI=1S/C16H14Br4O4/c1-21-7-23-15-11(3-9(17)5-13(15)19)12-4-10(18)6-14(20)16(12)24-8-22-2/h3-6H,7-8H2,1-2H3. The van der Waals surface area contributed by atoms with E-state index in [1.54, 1.807) is 14.2 Å². The fraction of sp³-hybridized carbons (Fsp3) is 0.250. The second kappa shape index (κ2) is 9.54. The number of rotatable bonds is 7. The molecule has 0 saturated carbocycles. The molecule has 0 atom stereocenters. The molecule has 0 bridgehead atoms. The van der Waals surface area contributed by atoms with Gasteiger partial charge < -0.3 is 18.9 Å². The smallest absolute Gasteiger partial charge is 0.188 e. The van der Waals surface area contributed by atoms with Crippen LogP contribution < -0.4 is 9.47 Å². The van der Waals surface area contributed by atoms with Crippen molar-refractivity contribution in [3.05, 3.63) is 42.2 Å². The Balaban J connectivity index is 2.65. The predicted octanol–water partition coefficient (Wildman–Crippen LogP) is 6.37. The highest BCUT2D eigenvalue weighted by atomic mass is 79.9.